The maximum Gasteiger partial charge on any atom is 0.236 e. The van der Waals surface area contributed by atoms with Crippen LogP contribution in [0.1, 0.15) is 39.0 Å². The molecule has 7 heteroatoms. The Balaban J connectivity index is 1.87. The van der Waals surface area contributed by atoms with Gasteiger partial charge in [-0.3, -0.25) is 4.79 Å². The number of carbonyl (C=O) groups excluding carboxylic acids is 1. The van der Waals surface area contributed by atoms with Crippen LogP contribution in [0.4, 0.5) is 0 Å². The molecular weight excluding hydrogens is 298 g/mol. The lowest BCUT2D eigenvalue weighted by Crippen LogP contribution is -2.49. The molecule has 0 bridgehead atoms. The Bertz CT molecular complexity index is 382. The highest BCUT2D eigenvalue weighted by Crippen LogP contribution is 2.35. The summed E-state index contributed by atoms with van der Waals surface area (Å²) in [5.74, 6) is 0.677. The van der Waals surface area contributed by atoms with Crippen LogP contribution in [0.15, 0.2) is 0 Å². The molecule has 1 saturated carbocycles. The third kappa shape index (κ3) is 5.69. The molecule has 1 heterocycles. The molecular formula is C16H31N3O4. The fourth-order valence-corrected chi connectivity index (χ4v) is 4.06. The highest BCUT2D eigenvalue weighted by atomic mass is 16.5. The molecule has 134 valence electrons. The molecule has 2 aliphatic rings. The minimum absolute atomic E-state index is 0.00725. The van der Waals surface area contributed by atoms with Crippen LogP contribution in [-0.2, 0) is 4.79 Å². The highest BCUT2D eigenvalue weighted by Gasteiger charge is 2.36. The van der Waals surface area contributed by atoms with Gasteiger partial charge >= 0.3 is 0 Å². The topological polar surface area (TPSA) is 105 Å². The van der Waals surface area contributed by atoms with Crippen LogP contribution in [0.3, 0.4) is 0 Å². The molecule has 1 amide bonds. The van der Waals surface area contributed by atoms with Gasteiger partial charge in [-0.15, -0.1) is 0 Å². The first kappa shape index (κ1) is 18.6. The number of likely N-dealkylation sites (tertiary alicyclic amines) is 1. The van der Waals surface area contributed by atoms with E-state index in [1.54, 1.807) is 0 Å². The highest BCUT2D eigenvalue weighted by molar-refractivity contribution is 5.78. The van der Waals surface area contributed by atoms with Crippen molar-refractivity contribution >= 4 is 5.91 Å². The molecule has 1 aliphatic heterocycles. The average molecular weight is 329 g/mol. The Hall–Kier alpha value is -0.730. The van der Waals surface area contributed by atoms with E-state index >= 15 is 0 Å². The smallest absolute Gasteiger partial charge is 0.236 e. The zero-order valence-corrected chi connectivity index (χ0v) is 13.9. The molecule has 5 N–H and O–H groups in total. The van der Waals surface area contributed by atoms with Gasteiger partial charge in [-0.1, -0.05) is 6.42 Å². The number of nitrogens with zero attached hydrogens (tertiary/aromatic N) is 1. The van der Waals surface area contributed by atoms with Crippen LogP contribution >= 0.6 is 0 Å². The van der Waals surface area contributed by atoms with Gasteiger partial charge in [-0.25, -0.2) is 0 Å². The van der Waals surface area contributed by atoms with Gasteiger partial charge in [0.05, 0.1) is 18.8 Å². The summed E-state index contributed by atoms with van der Waals surface area (Å²) in [6.45, 7) is 4.54. The van der Waals surface area contributed by atoms with E-state index in [4.69, 9.17) is 5.21 Å². The monoisotopic (exact) mass is 329 g/mol. The second-order valence-electron chi connectivity index (χ2n) is 7.19. The second kappa shape index (κ2) is 8.94. The van der Waals surface area contributed by atoms with Crippen molar-refractivity contribution in [3.63, 3.8) is 0 Å². The first-order chi connectivity index (χ1) is 11.0. The molecule has 2 rings (SSSR count). The van der Waals surface area contributed by atoms with Crippen LogP contribution in [0.2, 0.25) is 0 Å². The molecule has 7 nitrogen and oxygen atoms in total. The van der Waals surface area contributed by atoms with Crippen molar-refractivity contribution < 1.29 is 20.2 Å². The number of hydroxylamine groups is 1. The summed E-state index contributed by atoms with van der Waals surface area (Å²) in [5, 5.41) is 31.3. The number of hydrogen-bond donors (Lipinski definition) is 5. The van der Waals surface area contributed by atoms with Crippen molar-refractivity contribution in [3.8, 4) is 0 Å². The van der Waals surface area contributed by atoms with Gasteiger partial charge in [0.1, 0.15) is 0 Å². The third-order valence-electron chi connectivity index (χ3n) is 5.17. The third-order valence-corrected chi connectivity index (χ3v) is 5.17. The predicted molar refractivity (Wildman–Crippen MR) is 85.9 cm³/mol. The number of amides is 1. The van der Waals surface area contributed by atoms with Gasteiger partial charge in [-0.2, -0.15) is 5.48 Å². The molecule has 5 atom stereocenters. The Kier molecular flexibility index (Phi) is 7.23. The van der Waals surface area contributed by atoms with Crippen LogP contribution in [0, 0.1) is 11.8 Å². The number of rotatable bonds is 5. The van der Waals surface area contributed by atoms with E-state index in [-0.39, 0.29) is 18.5 Å². The average Bonchev–Trinajstić information content (AvgIpc) is 2.46. The van der Waals surface area contributed by atoms with Gasteiger partial charge in [-0.05, 0) is 51.0 Å². The number of nitrogens with one attached hydrogen (secondary N) is 2. The van der Waals surface area contributed by atoms with Crippen molar-refractivity contribution in [2.24, 2.45) is 11.8 Å². The molecule has 0 aromatic rings. The Morgan fingerprint density at radius 3 is 2.61 bits per heavy atom. The molecule has 0 spiro atoms. The number of aliphatic hydroxyl groups is 2. The van der Waals surface area contributed by atoms with Gasteiger partial charge in [0.2, 0.25) is 5.91 Å². The molecule has 0 radical (unpaired) electrons. The van der Waals surface area contributed by atoms with Gasteiger partial charge in [0.15, 0.2) is 0 Å². The summed E-state index contributed by atoms with van der Waals surface area (Å²) < 4.78 is 0. The number of aliphatic hydroxyl groups excluding tert-OH is 2. The zero-order chi connectivity index (χ0) is 16.8. The predicted octanol–water partition coefficient (Wildman–Crippen LogP) is -0.296. The first-order valence-electron chi connectivity index (χ1n) is 8.74. The fourth-order valence-electron chi connectivity index (χ4n) is 4.06. The zero-order valence-electron chi connectivity index (χ0n) is 13.9. The summed E-state index contributed by atoms with van der Waals surface area (Å²) in [6.07, 6.45) is 3.59. The van der Waals surface area contributed by atoms with E-state index in [2.05, 4.69) is 10.2 Å². The van der Waals surface area contributed by atoms with Crippen molar-refractivity contribution in [2.45, 2.75) is 57.3 Å². The fraction of sp³-hybridized carbons (Fsp3) is 0.938. The maximum atomic E-state index is 11.5. The lowest BCUT2D eigenvalue weighted by Gasteiger charge is -2.42. The summed E-state index contributed by atoms with van der Waals surface area (Å²) in [6, 6.07) is 0.00725. The number of fused-ring (bicyclic) bond motifs is 1. The summed E-state index contributed by atoms with van der Waals surface area (Å²) in [5.41, 5.74) is 1.86. The molecule has 3 unspecified atom stereocenters. The summed E-state index contributed by atoms with van der Waals surface area (Å²) in [7, 11) is 0. The Morgan fingerprint density at radius 1 is 1.22 bits per heavy atom. The van der Waals surface area contributed by atoms with Gasteiger partial charge in [0, 0.05) is 19.1 Å². The number of carbonyl (C=O) groups is 1. The molecule has 0 aromatic carbocycles. The van der Waals surface area contributed by atoms with E-state index in [1.165, 1.54) is 0 Å². The Morgan fingerprint density at radius 2 is 1.91 bits per heavy atom. The summed E-state index contributed by atoms with van der Waals surface area (Å²) >= 11 is 0. The second-order valence-corrected chi connectivity index (χ2v) is 7.19. The van der Waals surface area contributed by atoms with Crippen molar-refractivity contribution in [1.82, 2.24) is 15.7 Å². The Labute approximate surface area is 138 Å². The van der Waals surface area contributed by atoms with Crippen LogP contribution in [0.25, 0.3) is 0 Å². The number of hydrogen-bond acceptors (Lipinski definition) is 6. The van der Waals surface area contributed by atoms with Crippen molar-refractivity contribution in [3.05, 3.63) is 0 Å². The lowest BCUT2D eigenvalue weighted by molar-refractivity contribution is -0.122. The minimum Gasteiger partial charge on any atom is -0.390 e. The van der Waals surface area contributed by atoms with E-state index in [0.29, 0.717) is 24.7 Å². The molecule has 1 aliphatic carbocycles. The van der Waals surface area contributed by atoms with Crippen LogP contribution in [-0.4, -0.2) is 70.7 Å². The van der Waals surface area contributed by atoms with Crippen LogP contribution < -0.4 is 10.8 Å². The van der Waals surface area contributed by atoms with Crippen molar-refractivity contribution in [2.75, 3.05) is 26.2 Å². The summed E-state index contributed by atoms with van der Waals surface area (Å²) in [4.78, 5) is 13.9. The normalized spacial score (nSPS) is 34.1. The largest absolute Gasteiger partial charge is 0.390 e. The van der Waals surface area contributed by atoms with Crippen LogP contribution in [0.5, 0.6) is 0 Å². The standard InChI is InChI=1S/C16H31N3O4/c1-11(18-16(22)8-17-23)9-19-5-3-2-4-12-6-14(20)15(21)7-13(12)10-19/h11-15,17,20-21,23H,2-10H2,1H3,(H,18,22)/t11-,12?,13-,14?,15?/m0/s1. The lowest BCUT2D eigenvalue weighted by atomic mass is 9.73. The SMILES string of the molecule is C[C@@H](CN1CCCCC2CC(O)C(O)C[C@H]2C1)NC(=O)CNO. The molecule has 2 fully saturated rings. The minimum atomic E-state index is -0.606. The van der Waals surface area contributed by atoms with Gasteiger partial charge in [0.25, 0.3) is 0 Å². The molecule has 1 saturated heterocycles. The first-order valence-corrected chi connectivity index (χ1v) is 8.74. The van der Waals surface area contributed by atoms with Crippen molar-refractivity contribution in [1.29, 1.82) is 0 Å². The van der Waals surface area contributed by atoms with E-state index in [9.17, 15) is 15.0 Å². The van der Waals surface area contributed by atoms with Gasteiger partial charge < -0.3 is 25.6 Å². The van der Waals surface area contributed by atoms with E-state index in [0.717, 1.165) is 38.9 Å². The molecule has 0 aromatic heterocycles. The molecule has 23 heavy (non-hydrogen) atoms. The quantitative estimate of drug-likeness (QED) is 0.444. The maximum absolute atomic E-state index is 11.5. The van der Waals surface area contributed by atoms with E-state index in [1.807, 2.05) is 12.4 Å². The van der Waals surface area contributed by atoms with E-state index < -0.39 is 12.2 Å².